The van der Waals surface area contributed by atoms with Gasteiger partial charge in [-0.1, -0.05) is 15.9 Å². The van der Waals surface area contributed by atoms with E-state index in [2.05, 4.69) is 25.9 Å². The zero-order valence-electron chi connectivity index (χ0n) is 15.2. The van der Waals surface area contributed by atoms with Crippen LogP contribution in [0.2, 0.25) is 0 Å². The second-order valence-corrected chi connectivity index (χ2v) is 8.24. The number of imidazole rings is 1. The van der Waals surface area contributed by atoms with Gasteiger partial charge < -0.3 is 0 Å². The molecule has 14 heteroatoms. The van der Waals surface area contributed by atoms with Gasteiger partial charge in [0, 0.05) is 22.4 Å². The molecule has 166 valence electrons. The number of pyridine rings is 1. The van der Waals surface area contributed by atoms with E-state index in [1.54, 1.807) is 0 Å². The maximum atomic E-state index is 14.3. The topological polar surface area (TPSA) is 52.7 Å². The number of benzene rings is 1. The average molecular weight is 553 g/mol. The van der Waals surface area contributed by atoms with Crippen molar-refractivity contribution >= 4 is 57.4 Å². The predicted octanol–water partition coefficient (Wildman–Crippen LogP) is 6.81. The molecule has 0 spiro atoms. The van der Waals surface area contributed by atoms with Crippen molar-refractivity contribution in [2.45, 2.75) is 6.18 Å². The van der Waals surface area contributed by atoms with Crippen molar-refractivity contribution < 1.29 is 30.1 Å². The normalized spacial score (nSPS) is 12.0. The third-order valence-electron chi connectivity index (χ3n) is 4.38. The van der Waals surface area contributed by atoms with Crippen molar-refractivity contribution in [3.8, 4) is 11.5 Å². The first-order valence-corrected chi connectivity index (χ1v) is 10.5. The quantitative estimate of drug-likeness (QED) is 0.201. The van der Waals surface area contributed by atoms with Gasteiger partial charge in [-0.3, -0.25) is 13.8 Å². The molecule has 0 atom stereocenters. The number of carbonyl (C=O) groups is 1. The number of hydrogen-bond donors (Lipinski definition) is 0. The van der Waals surface area contributed by atoms with Gasteiger partial charge in [-0.15, -0.1) is 7.77 Å². The molecule has 4 rings (SSSR count). The standard InChI is InChI=1S/C18H7BrF6N4OS2/c19-9-5-11(20)14-12(6-9)29(32-25)17(27-14)13-4-8(7-28(13)31-24)15(30)10-2-1-3-26-16(10)18(21,22)23/h1-7H. The number of rotatable bonds is 5. The van der Waals surface area contributed by atoms with Gasteiger partial charge in [0.25, 0.3) is 0 Å². The maximum absolute atomic E-state index is 14.3. The summed E-state index contributed by atoms with van der Waals surface area (Å²) in [6.45, 7) is 0. The summed E-state index contributed by atoms with van der Waals surface area (Å²) in [6.07, 6.45) is -3.06. The molecule has 0 bridgehead atoms. The maximum Gasteiger partial charge on any atom is 0.434 e. The number of fused-ring (bicyclic) bond motifs is 1. The summed E-state index contributed by atoms with van der Waals surface area (Å²) in [5, 5.41) is 0. The van der Waals surface area contributed by atoms with Crippen molar-refractivity contribution in [1.82, 2.24) is 17.9 Å². The average Bonchev–Trinajstić information content (AvgIpc) is 3.33. The number of carbonyl (C=O) groups excluding carboxylic acids is 1. The number of alkyl halides is 3. The Morgan fingerprint density at radius 3 is 2.53 bits per heavy atom. The van der Waals surface area contributed by atoms with E-state index in [0.29, 0.717) is 4.47 Å². The van der Waals surface area contributed by atoms with Gasteiger partial charge in [-0.2, -0.15) is 13.2 Å². The Labute approximate surface area is 192 Å². The monoisotopic (exact) mass is 552 g/mol. The largest absolute Gasteiger partial charge is 0.434 e. The van der Waals surface area contributed by atoms with Crippen LogP contribution in [-0.2, 0) is 6.18 Å². The van der Waals surface area contributed by atoms with Crippen LogP contribution in [0.25, 0.3) is 22.6 Å². The summed E-state index contributed by atoms with van der Waals surface area (Å²) < 4.78 is 83.3. The van der Waals surface area contributed by atoms with Gasteiger partial charge in [0.1, 0.15) is 5.52 Å². The lowest BCUT2D eigenvalue weighted by atomic mass is 10.0. The second kappa shape index (κ2) is 8.48. The molecule has 0 amide bonds. The van der Waals surface area contributed by atoms with E-state index in [9.17, 15) is 30.1 Å². The van der Waals surface area contributed by atoms with E-state index in [1.165, 1.54) is 6.07 Å². The molecule has 0 unspecified atom stereocenters. The molecular weight excluding hydrogens is 546 g/mol. The summed E-state index contributed by atoms with van der Waals surface area (Å²) in [4.78, 5) is 20.0. The van der Waals surface area contributed by atoms with Gasteiger partial charge in [0.15, 0.2) is 47.8 Å². The predicted molar refractivity (Wildman–Crippen MR) is 112 cm³/mol. The van der Waals surface area contributed by atoms with E-state index >= 15 is 0 Å². The van der Waals surface area contributed by atoms with Crippen molar-refractivity contribution in [3.63, 3.8) is 0 Å². The molecule has 3 heterocycles. The smallest absolute Gasteiger partial charge is 0.288 e. The minimum atomic E-state index is -4.89. The van der Waals surface area contributed by atoms with Crippen molar-refractivity contribution in [2.75, 3.05) is 0 Å². The first-order chi connectivity index (χ1) is 15.2. The molecule has 0 aliphatic rings. The summed E-state index contributed by atoms with van der Waals surface area (Å²) in [5.41, 5.74) is -2.83. The third kappa shape index (κ3) is 3.90. The van der Waals surface area contributed by atoms with E-state index < -0.39 is 41.4 Å². The minimum Gasteiger partial charge on any atom is -0.288 e. The third-order valence-corrected chi connectivity index (χ3v) is 5.79. The Kier molecular flexibility index (Phi) is 6.02. The van der Waals surface area contributed by atoms with Crippen LogP contribution in [0, 0.1) is 5.82 Å². The molecule has 0 aliphatic carbocycles. The van der Waals surface area contributed by atoms with E-state index in [4.69, 9.17) is 0 Å². The molecule has 0 radical (unpaired) electrons. The Balaban J connectivity index is 1.88. The Hall–Kier alpha value is -2.45. The van der Waals surface area contributed by atoms with E-state index in [1.807, 2.05) is 0 Å². The number of halogens is 7. The number of ketones is 1. The first-order valence-electron chi connectivity index (χ1n) is 8.41. The highest BCUT2D eigenvalue weighted by molar-refractivity contribution is 9.10. The van der Waals surface area contributed by atoms with Gasteiger partial charge in [-0.25, -0.2) is 13.3 Å². The molecule has 0 fully saturated rings. The van der Waals surface area contributed by atoms with Crippen LogP contribution in [0.15, 0.2) is 47.2 Å². The van der Waals surface area contributed by atoms with Gasteiger partial charge >= 0.3 is 6.18 Å². The van der Waals surface area contributed by atoms with Crippen LogP contribution in [0.5, 0.6) is 0 Å². The number of hydrogen-bond acceptors (Lipinski definition) is 5. The summed E-state index contributed by atoms with van der Waals surface area (Å²) in [6, 6.07) is 5.63. The molecule has 0 saturated heterocycles. The molecule has 0 saturated carbocycles. The summed E-state index contributed by atoms with van der Waals surface area (Å²) in [7, 11) is 0. The fourth-order valence-electron chi connectivity index (χ4n) is 3.07. The number of aromatic nitrogens is 4. The first kappa shape index (κ1) is 22.7. The highest BCUT2D eigenvalue weighted by Crippen LogP contribution is 2.36. The summed E-state index contributed by atoms with van der Waals surface area (Å²) in [5.74, 6) is -2.11. The lowest BCUT2D eigenvalue weighted by Crippen LogP contribution is -2.15. The molecule has 0 aliphatic heterocycles. The molecule has 1 aromatic carbocycles. The van der Waals surface area contributed by atoms with Crippen LogP contribution in [-0.4, -0.2) is 23.7 Å². The highest BCUT2D eigenvalue weighted by Gasteiger charge is 2.37. The Morgan fingerprint density at radius 1 is 1.12 bits per heavy atom. The minimum absolute atomic E-state index is 0.0236. The van der Waals surface area contributed by atoms with Crippen LogP contribution in [0.1, 0.15) is 21.6 Å². The molecule has 5 nitrogen and oxygen atoms in total. The van der Waals surface area contributed by atoms with Crippen LogP contribution >= 0.6 is 40.6 Å². The zero-order valence-corrected chi connectivity index (χ0v) is 18.4. The highest BCUT2D eigenvalue weighted by atomic mass is 79.9. The van der Waals surface area contributed by atoms with Crippen molar-refractivity contribution in [2.24, 2.45) is 0 Å². The van der Waals surface area contributed by atoms with Crippen molar-refractivity contribution in [3.05, 3.63) is 69.8 Å². The molecule has 32 heavy (non-hydrogen) atoms. The fraction of sp³-hybridized carbons (Fsp3) is 0.0556. The fourth-order valence-corrected chi connectivity index (χ4v) is 4.27. The van der Waals surface area contributed by atoms with Crippen LogP contribution in [0.3, 0.4) is 0 Å². The number of nitrogens with zero attached hydrogens (tertiary/aromatic N) is 4. The molecular formula is C18H7BrF6N4OS2. The van der Waals surface area contributed by atoms with Crippen molar-refractivity contribution in [1.29, 1.82) is 0 Å². The lowest BCUT2D eigenvalue weighted by Gasteiger charge is -2.09. The van der Waals surface area contributed by atoms with E-state index in [-0.39, 0.29) is 40.4 Å². The zero-order chi connectivity index (χ0) is 23.2. The van der Waals surface area contributed by atoms with Crippen LogP contribution in [0.4, 0.5) is 25.3 Å². The Morgan fingerprint density at radius 2 is 1.88 bits per heavy atom. The summed E-state index contributed by atoms with van der Waals surface area (Å²) >= 11 is 2.36. The van der Waals surface area contributed by atoms with Gasteiger partial charge in [0.2, 0.25) is 0 Å². The SMILES string of the molecule is O=C(c1cc(-c2nc3c(F)cc(Br)cc3n2SF)n(SF)c1)c1cccnc1C(F)(F)F. The van der Waals surface area contributed by atoms with Gasteiger partial charge in [-0.05, 0) is 30.3 Å². The van der Waals surface area contributed by atoms with Gasteiger partial charge in [0.05, 0.1) is 16.8 Å². The van der Waals surface area contributed by atoms with E-state index in [0.717, 1.165) is 44.6 Å². The Bertz CT molecular complexity index is 1350. The van der Waals surface area contributed by atoms with Crippen LogP contribution < -0.4 is 0 Å². The lowest BCUT2D eigenvalue weighted by molar-refractivity contribution is -0.141. The molecule has 0 N–H and O–H groups in total. The molecule has 4 aromatic rings. The second-order valence-electron chi connectivity index (χ2n) is 6.29. The molecule has 3 aromatic heterocycles.